The zero-order valence-corrected chi connectivity index (χ0v) is 15.3. The van der Waals surface area contributed by atoms with Crippen molar-refractivity contribution in [3.63, 3.8) is 0 Å². The predicted molar refractivity (Wildman–Crippen MR) is 91.6 cm³/mol. The van der Waals surface area contributed by atoms with E-state index in [2.05, 4.69) is 25.3 Å². The summed E-state index contributed by atoms with van der Waals surface area (Å²) in [4.78, 5) is 38.6. The number of nitrogens with one attached hydrogen (secondary N) is 2. The summed E-state index contributed by atoms with van der Waals surface area (Å²) < 4.78 is 82.3. The first-order valence-corrected chi connectivity index (χ1v) is 8.31. The summed E-state index contributed by atoms with van der Waals surface area (Å²) in [5, 5.41) is 2.30. The number of aromatic amines is 1. The Labute approximate surface area is 168 Å². The Kier molecular flexibility index (Phi) is 5.57. The fraction of sp³-hybridized carbons (Fsp3) is 0.235. The molecule has 1 aromatic carbocycles. The Hall–Kier alpha value is -3.71. The van der Waals surface area contributed by atoms with Gasteiger partial charge in [0.15, 0.2) is 17.6 Å². The van der Waals surface area contributed by atoms with E-state index in [-0.39, 0.29) is 35.2 Å². The molecular weight excluding hydrogens is 436 g/mol. The van der Waals surface area contributed by atoms with Crippen LogP contribution in [0.15, 0.2) is 30.9 Å². The van der Waals surface area contributed by atoms with Gasteiger partial charge >= 0.3 is 18.3 Å². The van der Waals surface area contributed by atoms with Gasteiger partial charge in [0.2, 0.25) is 0 Å². The number of imidazole rings is 1. The number of halogens is 6. The zero-order valence-electron chi connectivity index (χ0n) is 15.3. The molecule has 0 fully saturated rings. The summed E-state index contributed by atoms with van der Waals surface area (Å²) in [6.45, 7) is 1.08. The first-order valence-electron chi connectivity index (χ1n) is 8.31. The molecule has 0 bridgehead atoms. The Balaban J connectivity index is 1.80. The van der Waals surface area contributed by atoms with Gasteiger partial charge in [-0.3, -0.25) is 4.79 Å². The second kappa shape index (κ2) is 7.85. The Morgan fingerprint density at radius 1 is 1.00 bits per heavy atom. The van der Waals surface area contributed by atoms with E-state index in [1.165, 1.54) is 6.33 Å². The quantitative estimate of drug-likeness (QED) is 0.468. The van der Waals surface area contributed by atoms with Crippen molar-refractivity contribution in [3.8, 4) is 0 Å². The van der Waals surface area contributed by atoms with Gasteiger partial charge in [0.25, 0.3) is 5.91 Å². The molecule has 3 aromatic rings. The topological polar surface area (TPSA) is 110 Å². The molecule has 0 aliphatic heterocycles. The molecule has 8 nitrogen and oxygen atoms in total. The van der Waals surface area contributed by atoms with Crippen LogP contribution in [0.25, 0.3) is 11.2 Å². The number of benzene rings is 1. The Morgan fingerprint density at radius 2 is 1.61 bits per heavy atom. The highest BCUT2D eigenvalue weighted by atomic mass is 19.4. The summed E-state index contributed by atoms with van der Waals surface area (Å²) in [6.07, 6.45) is -9.48. The Bertz CT molecular complexity index is 1110. The van der Waals surface area contributed by atoms with Gasteiger partial charge in [0.1, 0.15) is 11.8 Å². The van der Waals surface area contributed by atoms with E-state index in [0.717, 1.165) is 13.3 Å². The minimum Gasteiger partial charge on any atom is -0.449 e. The Morgan fingerprint density at radius 3 is 2.19 bits per heavy atom. The highest BCUT2D eigenvalue weighted by Gasteiger charge is 2.38. The van der Waals surface area contributed by atoms with Crippen LogP contribution in [-0.4, -0.2) is 37.9 Å². The monoisotopic (exact) mass is 447 g/mol. The molecule has 0 saturated heterocycles. The van der Waals surface area contributed by atoms with Crippen molar-refractivity contribution in [1.82, 2.24) is 19.9 Å². The number of anilines is 1. The minimum absolute atomic E-state index is 0.0196. The van der Waals surface area contributed by atoms with Crippen LogP contribution in [0.2, 0.25) is 0 Å². The fourth-order valence-electron chi connectivity index (χ4n) is 2.43. The first-order chi connectivity index (χ1) is 14.4. The molecule has 0 spiro atoms. The summed E-state index contributed by atoms with van der Waals surface area (Å²) in [5.74, 6) is -2.51. The van der Waals surface area contributed by atoms with Crippen molar-refractivity contribution in [2.24, 2.45) is 0 Å². The molecular formula is C17H11F6N5O3. The van der Waals surface area contributed by atoms with Gasteiger partial charge < -0.3 is 15.0 Å². The van der Waals surface area contributed by atoms with Crippen molar-refractivity contribution in [3.05, 3.63) is 47.5 Å². The second-order valence-corrected chi connectivity index (χ2v) is 6.15. The fourth-order valence-corrected chi connectivity index (χ4v) is 2.43. The summed E-state index contributed by atoms with van der Waals surface area (Å²) in [5.41, 5.74) is -3.91. The van der Waals surface area contributed by atoms with E-state index in [9.17, 15) is 35.9 Å². The van der Waals surface area contributed by atoms with Gasteiger partial charge in [-0.05, 0) is 25.1 Å². The number of carbonyl (C=O) groups is 2. The lowest BCUT2D eigenvalue weighted by atomic mass is 10.0. The number of nitrogens with zero attached hydrogens (tertiary/aromatic N) is 3. The van der Waals surface area contributed by atoms with Gasteiger partial charge in [0, 0.05) is 0 Å². The number of esters is 1. The third kappa shape index (κ3) is 4.90. The van der Waals surface area contributed by atoms with Gasteiger partial charge in [-0.2, -0.15) is 26.3 Å². The SMILES string of the molecule is C[C@@H](OC(=O)c1cc(C(F)(F)F)cc(C(F)(F)F)c1)C(=O)Nc1ncnc2nc[nH]c12. The number of rotatable bonds is 4. The van der Waals surface area contributed by atoms with E-state index < -0.39 is 47.0 Å². The molecule has 0 saturated carbocycles. The highest BCUT2D eigenvalue weighted by molar-refractivity contribution is 6.00. The number of fused-ring (bicyclic) bond motifs is 1. The molecule has 2 heterocycles. The van der Waals surface area contributed by atoms with Crippen molar-refractivity contribution in [1.29, 1.82) is 0 Å². The molecule has 2 aromatic heterocycles. The molecule has 3 rings (SSSR count). The van der Waals surface area contributed by atoms with Crippen molar-refractivity contribution in [2.75, 3.05) is 5.32 Å². The highest BCUT2D eigenvalue weighted by Crippen LogP contribution is 2.36. The van der Waals surface area contributed by atoms with Crippen LogP contribution in [0.5, 0.6) is 0 Å². The smallest absolute Gasteiger partial charge is 0.416 e. The molecule has 31 heavy (non-hydrogen) atoms. The third-order valence-corrected chi connectivity index (χ3v) is 3.94. The average Bonchev–Trinajstić information content (AvgIpc) is 3.16. The zero-order chi connectivity index (χ0) is 23.0. The minimum atomic E-state index is -5.14. The van der Waals surface area contributed by atoms with Crippen LogP contribution in [-0.2, 0) is 21.9 Å². The van der Waals surface area contributed by atoms with Gasteiger partial charge in [-0.25, -0.2) is 19.7 Å². The molecule has 1 atom stereocenters. The molecule has 0 radical (unpaired) electrons. The lowest BCUT2D eigenvalue weighted by Gasteiger charge is -2.16. The third-order valence-electron chi connectivity index (χ3n) is 3.94. The number of aromatic nitrogens is 4. The summed E-state index contributed by atoms with van der Waals surface area (Å²) >= 11 is 0. The molecule has 0 aliphatic rings. The van der Waals surface area contributed by atoms with Gasteiger partial charge in [-0.1, -0.05) is 0 Å². The van der Waals surface area contributed by atoms with E-state index in [0.29, 0.717) is 0 Å². The molecule has 0 unspecified atom stereocenters. The van der Waals surface area contributed by atoms with Crippen LogP contribution >= 0.6 is 0 Å². The molecule has 1 amide bonds. The number of H-pyrrole nitrogens is 1. The van der Waals surface area contributed by atoms with Crippen LogP contribution in [0.3, 0.4) is 0 Å². The van der Waals surface area contributed by atoms with E-state index in [1.54, 1.807) is 0 Å². The number of ether oxygens (including phenoxy) is 1. The molecule has 0 aliphatic carbocycles. The predicted octanol–water partition coefficient (Wildman–Crippen LogP) is 3.57. The maximum Gasteiger partial charge on any atom is 0.416 e. The molecule has 164 valence electrons. The standard InChI is InChI=1S/C17H11F6N5O3/c1-7(14(29)28-13-11-12(25-5-24-11)26-6-27-13)31-15(30)8-2-9(16(18,19)20)4-10(3-8)17(21,22)23/h2-7H,1H3,(H2,24,25,26,27,28,29)/t7-/m1/s1. The second-order valence-electron chi connectivity index (χ2n) is 6.15. The maximum absolute atomic E-state index is 12.9. The lowest BCUT2D eigenvalue weighted by molar-refractivity contribution is -0.143. The van der Waals surface area contributed by atoms with Gasteiger partial charge in [-0.15, -0.1) is 0 Å². The van der Waals surface area contributed by atoms with E-state index in [1.807, 2.05) is 0 Å². The number of hydrogen-bond donors (Lipinski definition) is 2. The molecule has 2 N–H and O–H groups in total. The van der Waals surface area contributed by atoms with Crippen LogP contribution < -0.4 is 5.32 Å². The molecule has 14 heteroatoms. The average molecular weight is 447 g/mol. The summed E-state index contributed by atoms with van der Waals surface area (Å²) in [6, 6.07) is 0.291. The van der Waals surface area contributed by atoms with Crippen molar-refractivity contribution < 1.29 is 40.7 Å². The number of carbonyl (C=O) groups excluding carboxylic acids is 2. The largest absolute Gasteiger partial charge is 0.449 e. The van der Waals surface area contributed by atoms with Crippen LogP contribution in [0.1, 0.15) is 28.4 Å². The van der Waals surface area contributed by atoms with Crippen molar-refractivity contribution in [2.45, 2.75) is 25.4 Å². The van der Waals surface area contributed by atoms with Crippen molar-refractivity contribution >= 4 is 28.9 Å². The van der Waals surface area contributed by atoms with Crippen LogP contribution in [0, 0.1) is 0 Å². The van der Waals surface area contributed by atoms with E-state index >= 15 is 0 Å². The van der Waals surface area contributed by atoms with E-state index in [4.69, 9.17) is 4.74 Å². The maximum atomic E-state index is 12.9. The van der Waals surface area contributed by atoms with Gasteiger partial charge in [0.05, 0.1) is 23.0 Å². The number of alkyl halides is 6. The lowest BCUT2D eigenvalue weighted by Crippen LogP contribution is -2.30. The van der Waals surface area contributed by atoms with Crippen LogP contribution in [0.4, 0.5) is 32.2 Å². The number of hydrogen-bond acceptors (Lipinski definition) is 6. The first kappa shape index (κ1) is 22.0. The normalized spacial score (nSPS) is 13.1. The number of amides is 1. The summed E-state index contributed by atoms with van der Waals surface area (Å²) in [7, 11) is 0.